The van der Waals surface area contributed by atoms with Crippen LogP contribution in [-0.2, 0) is 9.59 Å². The molecule has 0 spiro atoms. The Morgan fingerprint density at radius 2 is 1.95 bits per heavy atom. The number of amides is 2. The molecule has 1 aliphatic rings. The maximum atomic E-state index is 12.0. The van der Waals surface area contributed by atoms with Crippen LogP contribution >= 0.6 is 11.8 Å². The van der Waals surface area contributed by atoms with Crippen LogP contribution in [0, 0.1) is 0 Å². The Hall–Kier alpha value is -2.15. The van der Waals surface area contributed by atoms with E-state index in [0.29, 0.717) is 16.4 Å². The number of nitrogens with zero attached hydrogens (tertiary/aromatic N) is 2. The second kappa shape index (κ2) is 6.74. The van der Waals surface area contributed by atoms with Gasteiger partial charge in [0.2, 0.25) is 11.8 Å². The number of anilines is 1. The van der Waals surface area contributed by atoms with Gasteiger partial charge in [-0.05, 0) is 31.2 Å². The number of carbonyl (C=O) groups excluding carboxylic acids is 3. The lowest BCUT2D eigenvalue weighted by atomic mass is 10.1. The molecule has 1 heterocycles. The van der Waals surface area contributed by atoms with Crippen molar-refractivity contribution in [3.8, 4) is 0 Å². The molecular formula is C15H17N3O3S. The van der Waals surface area contributed by atoms with E-state index in [9.17, 15) is 14.4 Å². The zero-order valence-electron chi connectivity index (χ0n) is 12.6. The summed E-state index contributed by atoms with van der Waals surface area (Å²) in [5.41, 5.74) is 1.19. The van der Waals surface area contributed by atoms with Crippen LogP contribution in [0.25, 0.3) is 0 Å². The third-order valence-corrected chi connectivity index (χ3v) is 4.60. The minimum absolute atomic E-state index is 0.0275. The van der Waals surface area contributed by atoms with Gasteiger partial charge in [-0.15, -0.1) is 0 Å². The molecule has 2 rings (SSSR count). The van der Waals surface area contributed by atoms with Gasteiger partial charge in [-0.25, -0.2) is 0 Å². The summed E-state index contributed by atoms with van der Waals surface area (Å²) in [7, 11) is 3.27. The molecule has 0 unspecified atom stereocenters. The van der Waals surface area contributed by atoms with Crippen molar-refractivity contribution in [2.24, 2.45) is 4.99 Å². The molecule has 0 bridgehead atoms. The number of aliphatic imine (C=N–C) groups is 1. The van der Waals surface area contributed by atoms with Crippen LogP contribution < -0.4 is 5.32 Å². The van der Waals surface area contributed by atoms with Gasteiger partial charge >= 0.3 is 0 Å². The number of rotatable bonds is 4. The Bertz CT molecular complexity index is 640. The van der Waals surface area contributed by atoms with Crippen molar-refractivity contribution in [1.82, 2.24) is 4.90 Å². The van der Waals surface area contributed by atoms with Gasteiger partial charge in [0, 0.05) is 31.8 Å². The molecule has 22 heavy (non-hydrogen) atoms. The van der Waals surface area contributed by atoms with Crippen molar-refractivity contribution >= 4 is 40.2 Å². The van der Waals surface area contributed by atoms with Crippen molar-refractivity contribution in [3.05, 3.63) is 29.8 Å². The molecule has 1 saturated heterocycles. The largest absolute Gasteiger partial charge is 0.326 e. The first-order valence-corrected chi connectivity index (χ1v) is 7.62. The lowest BCUT2D eigenvalue weighted by Crippen LogP contribution is -2.30. The molecule has 0 radical (unpaired) electrons. The second-order valence-corrected chi connectivity index (χ2v) is 6.07. The molecule has 6 nitrogen and oxygen atoms in total. The SMILES string of the molecule is CN=C1S[C@@H](CC(=O)Nc2ccc(C(C)=O)cc2)C(=O)N1C. The van der Waals surface area contributed by atoms with Gasteiger partial charge in [-0.3, -0.25) is 24.3 Å². The van der Waals surface area contributed by atoms with Crippen LogP contribution in [0.4, 0.5) is 5.69 Å². The van der Waals surface area contributed by atoms with E-state index in [0.717, 1.165) is 0 Å². The van der Waals surface area contributed by atoms with Crippen molar-refractivity contribution in [1.29, 1.82) is 0 Å². The fourth-order valence-corrected chi connectivity index (χ4v) is 3.17. The van der Waals surface area contributed by atoms with Gasteiger partial charge in [-0.2, -0.15) is 0 Å². The average molecular weight is 319 g/mol. The average Bonchev–Trinajstić information content (AvgIpc) is 2.75. The number of amidine groups is 1. The molecule has 1 atom stereocenters. The Kier molecular flexibility index (Phi) is 4.97. The highest BCUT2D eigenvalue weighted by Gasteiger charge is 2.36. The normalized spacial score (nSPS) is 19.6. The molecular weight excluding hydrogens is 302 g/mol. The molecule has 1 aliphatic heterocycles. The molecule has 0 aliphatic carbocycles. The van der Waals surface area contributed by atoms with Gasteiger partial charge in [0.15, 0.2) is 11.0 Å². The van der Waals surface area contributed by atoms with Crippen LogP contribution in [0.2, 0.25) is 0 Å². The molecule has 1 aromatic carbocycles. The van der Waals surface area contributed by atoms with E-state index < -0.39 is 5.25 Å². The predicted molar refractivity (Wildman–Crippen MR) is 87.2 cm³/mol. The van der Waals surface area contributed by atoms with Crippen LogP contribution in [0.15, 0.2) is 29.3 Å². The third kappa shape index (κ3) is 3.54. The van der Waals surface area contributed by atoms with Crippen molar-refractivity contribution in [2.45, 2.75) is 18.6 Å². The minimum atomic E-state index is -0.444. The fourth-order valence-electron chi connectivity index (χ4n) is 2.07. The highest BCUT2D eigenvalue weighted by Crippen LogP contribution is 2.28. The van der Waals surface area contributed by atoms with Gasteiger partial charge in [0.25, 0.3) is 0 Å². The maximum absolute atomic E-state index is 12.0. The van der Waals surface area contributed by atoms with Crippen LogP contribution in [0.3, 0.4) is 0 Å². The van der Waals surface area contributed by atoms with E-state index in [1.54, 1.807) is 38.4 Å². The molecule has 2 amide bonds. The standard InChI is InChI=1S/C15H17N3O3S/c1-9(19)10-4-6-11(7-5-10)17-13(20)8-12-14(21)18(3)15(16-2)22-12/h4-7,12H,8H2,1-3H3,(H,17,20)/t12-/m0/s1. The highest BCUT2D eigenvalue weighted by molar-refractivity contribution is 8.15. The summed E-state index contributed by atoms with van der Waals surface area (Å²) in [6.45, 7) is 1.49. The van der Waals surface area contributed by atoms with Crippen molar-refractivity contribution in [2.75, 3.05) is 19.4 Å². The number of Topliss-reactive ketones (excluding diaryl/α,β-unsaturated/α-hetero) is 1. The Labute approximate surface area is 133 Å². The number of carbonyl (C=O) groups is 3. The van der Waals surface area contributed by atoms with E-state index in [-0.39, 0.29) is 24.0 Å². The zero-order chi connectivity index (χ0) is 16.3. The molecule has 1 N–H and O–H groups in total. The van der Waals surface area contributed by atoms with Crippen molar-refractivity contribution < 1.29 is 14.4 Å². The number of hydrogen-bond donors (Lipinski definition) is 1. The van der Waals surface area contributed by atoms with E-state index in [1.807, 2.05) is 0 Å². The number of benzene rings is 1. The second-order valence-electron chi connectivity index (χ2n) is 4.90. The predicted octanol–water partition coefficient (Wildman–Crippen LogP) is 1.78. The minimum Gasteiger partial charge on any atom is -0.326 e. The highest BCUT2D eigenvalue weighted by atomic mass is 32.2. The Morgan fingerprint density at radius 3 is 2.45 bits per heavy atom. The summed E-state index contributed by atoms with van der Waals surface area (Å²) in [6.07, 6.45) is 0.0846. The molecule has 116 valence electrons. The first kappa shape index (κ1) is 16.2. The van der Waals surface area contributed by atoms with Gasteiger partial charge in [0.05, 0.1) is 0 Å². The topological polar surface area (TPSA) is 78.8 Å². The Morgan fingerprint density at radius 1 is 1.32 bits per heavy atom. The lowest BCUT2D eigenvalue weighted by Gasteiger charge is -2.09. The van der Waals surface area contributed by atoms with Gasteiger partial charge < -0.3 is 5.32 Å². The third-order valence-electron chi connectivity index (χ3n) is 3.28. The zero-order valence-corrected chi connectivity index (χ0v) is 13.4. The lowest BCUT2D eigenvalue weighted by molar-refractivity contribution is -0.127. The molecule has 1 aromatic rings. The molecule has 7 heteroatoms. The number of nitrogens with one attached hydrogen (secondary N) is 1. The van der Waals surface area contributed by atoms with Crippen LogP contribution in [0.5, 0.6) is 0 Å². The monoisotopic (exact) mass is 319 g/mol. The fraction of sp³-hybridized carbons (Fsp3) is 0.333. The maximum Gasteiger partial charge on any atom is 0.242 e. The van der Waals surface area contributed by atoms with Gasteiger partial charge in [0.1, 0.15) is 5.25 Å². The van der Waals surface area contributed by atoms with E-state index >= 15 is 0 Å². The quantitative estimate of drug-likeness (QED) is 0.858. The van der Waals surface area contributed by atoms with E-state index in [4.69, 9.17) is 0 Å². The molecule has 0 saturated carbocycles. The summed E-state index contributed by atoms with van der Waals surface area (Å²) in [4.78, 5) is 40.7. The van der Waals surface area contributed by atoms with Crippen LogP contribution in [0.1, 0.15) is 23.7 Å². The molecule has 1 fully saturated rings. The first-order valence-electron chi connectivity index (χ1n) is 6.74. The first-order chi connectivity index (χ1) is 10.4. The summed E-state index contributed by atoms with van der Waals surface area (Å²) in [5.74, 6) is -0.389. The molecule has 0 aromatic heterocycles. The Balaban J connectivity index is 1.96. The van der Waals surface area contributed by atoms with Gasteiger partial charge in [-0.1, -0.05) is 11.8 Å². The number of thioether (sulfide) groups is 1. The van der Waals surface area contributed by atoms with E-state index in [2.05, 4.69) is 10.3 Å². The summed E-state index contributed by atoms with van der Waals surface area (Å²) in [5, 5.41) is 2.90. The number of hydrogen-bond acceptors (Lipinski definition) is 5. The number of ketones is 1. The smallest absolute Gasteiger partial charge is 0.242 e. The summed E-state index contributed by atoms with van der Waals surface area (Å²) >= 11 is 1.29. The van der Waals surface area contributed by atoms with Crippen molar-refractivity contribution in [3.63, 3.8) is 0 Å². The van der Waals surface area contributed by atoms with E-state index in [1.165, 1.54) is 23.6 Å². The summed E-state index contributed by atoms with van der Waals surface area (Å²) in [6, 6.07) is 6.65. The summed E-state index contributed by atoms with van der Waals surface area (Å²) < 4.78 is 0. The van der Waals surface area contributed by atoms with Crippen LogP contribution in [-0.4, -0.2) is 47.0 Å².